The topological polar surface area (TPSA) is 67.1 Å². The lowest BCUT2D eigenvalue weighted by molar-refractivity contribution is -0.141. The Kier molecular flexibility index (Phi) is 6.53. The first-order valence-electron chi connectivity index (χ1n) is 10.5. The monoisotopic (exact) mass is 424 g/mol. The molecule has 7 nitrogen and oxygen atoms in total. The van der Waals surface area contributed by atoms with Crippen LogP contribution in [0, 0.1) is 5.41 Å². The summed E-state index contributed by atoms with van der Waals surface area (Å²) >= 11 is 0. The zero-order chi connectivity index (χ0) is 22.8. The minimum atomic E-state index is -0.227. The SMILES string of the molecule is COc1ccc([C@@H]2CC(c3cccn3C)=NN2C(=O)CN(C)C(=O)CC(C)(C)C)cc1. The van der Waals surface area contributed by atoms with Gasteiger partial charge in [-0.15, -0.1) is 0 Å². The second-order valence-electron chi connectivity index (χ2n) is 9.27. The fourth-order valence-electron chi connectivity index (χ4n) is 3.69. The number of aromatic nitrogens is 1. The third-order valence-electron chi connectivity index (χ3n) is 5.39. The second kappa shape index (κ2) is 8.96. The molecule has 1 aliphatic heterocycles. The summed E-state index contributed by atoms with van der Waals surface area (Å²) in [5, 5.41) is 6.22. The van der Waals surface area contributed by atoms with E-state index in [1.807, 2.05) is 75.0 Å². The number of rotatable bonds is 6. The normalized spacial score (nSPS) is 16.3. The Morgan fingerprint density at radius 3 is 2.42 bits per heavy atom. The van der Waals surface area contributed by atoms with Crippen LogP contribution < -0.4 is 4.74 Å². The smallest absolute Gasteiger partial charge is 0.262 e. The van der Waals surface area contributed by atoms with E-state index in [-0.39, 0.29) is 29.8 Å². The predicted molar refractivity (Wildman–Crippen MR) is 121 cm³/mol. The maximum Gasteiger partial charge on any atom is 0.262 e. The molecule has 1 aromatic carbocycles. The van der Waals surface area contributed by atoms with Crippen LogP contribution in [-0.4, -0.2) is 52.7 Å². The lowest BCUT2D eigenvalue weighted by atomic mass is 9.92. The quantitative estimate of drug-likeness (QED) is 0.712. The number of ether oxygens (including phenoxy) is 1. The van der Waals surface area contributed by atoms with Crippen LogP contribution in [0.4, 0.5) is 0 Å². The predicted octanol–water partition coefficient (Wildman–Crippen LogP) is 3.61. The van der Waals surface area contributed by atoms with E-state index in [4.69, 9.17) is 4.74 Å². The molecule has 0 radical (unpaired) electrons. The molecule has 1 aromatic heterocycles. The molecule has 0 aliphatic carbocycles. The Labute approximate surface area is 184 Å². The van der Waals surface area contributed by atoms with Crippen molar-refractivity contribution in [1.82, 2.24) is 14.5 Å². The number of hydrazone groups is 1. The highest BCUT2D eigenvalue weighted by Crippen LogP contribution is 2.33. The number of hydrogen-bond acceptors (Lipinski definition) is 4. The number of nitrogens with zero attached hydrogens (tertiary/aromatic N) is 4. The first-order valence-corrected chi connectivity index (χ1v) is 10.5. The van der Waals surface area contributed by atoms with Crippen LogP contribution in [0.25, 0.3) is 0 Å². The van der Waals surface area contributed by atoms with Crippen molar-refractivity contribution in [3.63, 3.8) is 0 Å². The summed E-state index contributed by atoms with van der Waals surface area (Å²) in [6.07, 6.45) is 2.95. The van der Waals surface area contributed by atoms with E-state index in [9.17, 15) is 9.59 Å². The molecule has 0 N–H and O–H groups in total. The molecule has 0 spiro atoms. The van der Waals surface area contributed by atoms with E-state index < -0.39 is 0 Å². The zero-order valence-corrected chi connectivity index (χ0v) is 19.3. The molecular formula is C24H32N4O3. The highest BCUT2D eigenvalue weighted by Gasteiger charge is 2.34. The van der Waals surface area contributed by atoms with E-state index in [0.717, 1.165) is 22.7 Å². The molecule has 0 fully saturated rings. The number of hydrogen-bond donors (Lipinski definition) is 0. The van der Waals surface area contributed by atoms with Crippen LogP contribution in [-0.2, 0) is 16.6 Å². The van der Waals surface area contributed by atoms with Crippen molar-refractivity contribution < 1.29 is 14.3 Å². The molecule has 2 heterocycles. The fraction of sp³-hybridized carbons (Fsp3) is 0.458. The van der Waals surface area contributed by atoms with E-state index in [0.29, 0.717) is 12.8 Å². The molecule has 7 heteroatoms. The van der Waals surface area contributed by atoms with Crippen molar-refractivity contribution in [2.24, 2.45) is 17.6 Å². The molecule has 2 amide bonds. The largest absolute Gasteiger partial charge is 0.497 e. The van der Waals surface area contributed by atoms with Crippen molar-refractivity contribution in [2.45, 2.75) is 39.7 Å². The minimum absolute atomic E-state index is 0.00845. The van der Waals surface area contributed by atoms with Crippen molar-refractivity contribution in [1.29, 1.82) is 0 Å². The maximum atomic E-state index is 13.2. The van der Waals surface area contributed by atoms with Crippen molar-refractivity contribution in [2.75, 3.05) is 20.7 Å². The first-order chi connectivity index (χ1) is 14.6. The van der Waals surface area contributed by atoms with Crippen molar-refractivity contribution >= 4 is 17.5 Å². The van der Waals surface area contributed by atoms with Gasteiger partial charge in [0.15, 0.2) is 0 Å². The number of amides is 2. The van der Waals surface area contributed by atoms with Crippen LogP contribution in [0.1, 0.15) is 50.9 Å². The molecule has 166 valence electrons. The summed E-state index contributed by atoms with van der Waals surface area (Å²) in [5.41, 5.74) is 2.67. The van der Waals surface area contributed by atoms with Crippen molar-refractivity contribution in [3.8, 4) is 5.75 Å². The van der Waals surface area contributed by atoms with Gasteiger partial charge in [0.2, 0.25) is 5.91 Å². The lowest BCUT2D eigenvalue weighted by Gasteiger charge is -2.26. The summed E-state index contributed by atoms with van der Waals surface area (Å²) in [7, 11) is 5.26. The molecule has 0 saturated carbocycles. The van der Waals surface area contributed by atoms with E-state index >= 15 is 0 Å². The average Bonchev–Trinajstić information content (AvgIpc) is 3.32. The van der Waals surface area contributed by atoms with Gasteiger partial charge in [0.1, 0.15) is 12.3 Å². The van der Waals surface area contributed by atoms with Crippen LogP contribution in [0.15, 0.2) is 47.7 Å². The van der Waals surface area contributed by atoms with E-state index in [2.05, 4.69) is 5.10 Å². The van der Waals surface area contributed by atoms with E-state index in [1.165, 1.54) is 9.91 Å². The number of likely N-dealkylation sites (N-methyl/N-ethyl adjacent to an activating group) is 1. The molecule has 1 atom stereocenters. The summed E-state index contributed by atoms with van der Waals surface area (Å²) in [6, 6.07) is 11.4. The minimum Gasteiger partial charge on any atom is -0.497 e. The van der Waals surface area contributed by atoms with Gasteiger partial charge in [-0.3, -0.25) is 9.59 Å². The Bertz CT molecular complexity index is 969. The Morgan fingerprint density at radius 1 is 1.19 bits per heavy atom. The molecule has 0 unspecified atom stereocenters. The number of carbonyl (C=O) groups is 2. The molecule has 31 heavy (non-hydrogen) atoms. The van der Waals surface area contributed by atoms with Gasteiger partial charge in [-0.1, -0.05) is 32.9 Å². The van der Waals surface area contributed by atoms with Crippen LogP contribution in [0.3, 0.4) is 0 Å². The number of aryl methyl sites for hydroxylation is 1. The van der Waals surface area contributed by atoms with Gasteiger partial charge in [-0.05, 0) is 35.2 Å². The highest BCUT2D eigenvalue weighted by atomic mass is 16.5. The standard InChI is InChI=1S/C24H32N4O3/c1-24(2,3)15-22(29)27(5)16-23(30)28-21(17-9-11-18(31-6)12-10-17)14-19(25-28)20-8-7-13-26(20)4/h7-13,21H,14-16H2,1-6H3/t21-/m0/s1. The average molecular weight is 425 g/mol. The molecule has 2 aromatic rings. The van der Waals surface area contributed by atoms with Crippen molar-refractivity contribution in [3.05, 3.63) is 53.9 Å². The lowest BCUT2D eigenvalue weighted by Crippen LogP contribution is -2.40. The van der Waals surface area contributed by atoms with Gasteiger partial charge < -0.3 is 14.2 Å². The van der Waals surface area contributed by atoms with Crippen LogP contribution in [0.2, 0.25) is 0 Å². The number of carbonyl (C=O) groups excluding carboxylic acids is 2. The third kappa shape index (κ3) is 5.34. The highest BCUT2D eigenvalue weighted by molar-refractivity contribution is 6.02. The summed E-state index contributed by atoms with van der Waals surface area (Å²) in [6.45, 7) is 6.02. The van der Waals surface area contributed by atoms with Gasteiger partial charge in [-0.2, -0.15) is 5.10 Å². The number of methoxy groups -OCH3 is 1. The Morgan fingerprint density at radius 2 is 1.87 bits per heavy atom. The Hall–Kier alpha value is -3.09. The molecule has 1 aliphatic rings. The van der Waals surface area contributed by atoms with Crippen LogP contribution >= 0.6 is 0 Å². The molecule has 0 bridgehead atoms. The number of benzene rings is 1. The second-order valence-corrected chi connectivity index (χ2v) is 9.27. The summed E-state index contributed by atoms with van der Waals surface area (Å²) in [5.74, 6) is 0.512. The Balaban J connectivity index is 1.84. The van der Waals surface area contributed by atoms with Gasteiger partial charge >= 0.3 is 0 Å². The summed E-state index contributed by atoms with van der Waals surface area (Å²) in [4.78, 5) is 27.2. The van der Waals surface area contributed by atoms with Crippen LogP contribution in [0.5, 0.6) is 5.75 Å². The fourth-order valence-corrected chi connectivity index (χ4v) is 3.69. The van der Waals surface area contributed by atoms with Gasteiger partial charge in [0.05, 0.1) is 24.6 Å². The third-order valence-corrected chi connectivity index (χ3v) is 5.39. The molecule has 3 rings (SSSR count). The van der Waals surface area contributed by atoms with Gasteiger partial charge in [0.25, 0.3) is 5.91 Å². The molecular weight excluding hydrogens is 392 g/mol. The van der Waals surface area contributed by atoms with E-state index in [1.54, 1.807) is 14.2 Å². The van der Waals surface area contributed by atoms with Gasteiger partial charge in [0, 0.05) is 33.1 Å². The molecule has 0 saturated heterocycles. The summed E-state index contributed by atoms with van der Waals surface area (Å²) < 4.78 is 7.26. The maximum absolute atomic E-state index is 13.2. The zero-order valence-electron chi connectivity index (χ0n) is 19.3. The first kappa shape index (κ1) is 22.6. The van der Waals surface area contributed by atoms with Gasteiger partial charge in [-0.25, -0.2) is 5.01 Å².